The average Bonchev–Trinajstić information content (AvgIpc) is 3.69. The van der Waals surface area contributed by atoms with Crippen molar-refractivity contribution in [1.82, 2.24) is 29.7 Å². The van der Waals surface area contributed by atoms with Crippen LogP contribution >= 0.6 is 46.4 Å². The molecule has 1 aromatic carbocycles. The third kappa shape index (κ3) is 6.58. The summed E-state index contributed by atoms with van der Waals surface area (Å²) in [6.45, 7) is 2.37. The van der Waals surface area contributed by atoms with Crippen LogP contribution in [-0.4, -0.2) is 95.5 Å². The number of nitrogens with one attached hydrogen (secondary N) is 3. The lowest BCUT2D eigenvalue weighted by molar-refractivity contribution is -0.0192. The average molecular weight is 747 g/mol. The van der Waals surface area contributed by atoms with Crippen molar-refractivity contribution in [2.75, 3.05) is 69.6 Å². The molecule has 2 atom stereocenters. The minimum absolute atomic E-state index is 0.108. The van der Waals surface area contributed by atoms with Gasteiger partial charge in [-0.3, -0.25) is 0 Å². The van der Waals surface area contributed by atoms with Crippen LogP contribution in [0.25, 0.3) is 0 Å². The number of ether oxygens (including phenoxy) is 3. The molecule has 2 aliphatic heterocycles. The van der Waals surface area contributed by atoms with Crippen molar-refractivity contribution >= 4 is 75.8 Å². The molecule has 4 aliphatic rings. The lowest BCUT2D eigenvalue weighted by Crippen LogP contribution is -2.57. The van der Waals surface area contributed by atoms with E-state index in [2.05, 4.69) is 42.0 Å². The molecule has 2 saturated heterocycles. The number of benzene rings is 1. The molecule has 2 bridgehead atoms. The largest absolute Gasteiger partial charge is 0.480 e. The summed E-state index contributed by atoms with van der Waals surface area (Å²) in [7, 11) is 3.21. The van der Waals surface area contributed by atoms with Gasteiger partial charge in [0.15, 0.2) is 0 Å². The van der Waals surface area contributed by atoms with E-state index in [4.69, 9.17) is 60.6 Å². The topological polar surface area (TPSA) is 139 Å². The Bertz CT molecular complexity index is 1910. The number of carbonyl (C=O) groups is 1. The van der Waals surface area contributed by atoms with Crippen LogP contribution in [0.5, 0.6) is 5.88 Å². The standard InChI is InChI=1S/C32H31Cl4N9O4/c1-37-28-21(34)12-38-31(42-28)41-27-17-9-18(19(10-17)26(27)36)25-15-49-8-6-45(25)32(46)44-5-7-48-14-24(44)16-3-4-23(20(33)11-16)40-30-39-13-22(35)29(43-30)47-2/h3-4,9,11-13,24-25H,5-8,10,14-15H2,1-2H3,(H,39,40,43)(H2,37,38,41,42). The number of aromatic nitrogens is 4. The summed E-state index contributed by atoms with van der Waals surface area (Å²) in [6.07, 6.45) is 5.69. The van der Waals surface area contributed by atoms with Gasteiger partial charge < -0.3 is 40.0 Å². The molecule has 2 aromatic heterocycles. The summed E-state index contributed by atoms with van der Waals surface area (Å²) in [4.78, 5) is 35.3. The maximum Gasteiger partial charge on any atom is 0.321 e. The van der Waals surface area contributed by atoms with Crippen LogP contribution in [-0.2, 0) is 9.47 Å². The zero-order valence-electron chi connectivity index (χ0n) is 26.4. The third-order valence-corrected chi connectivity index (χ3v) is 9.97. The highest BCUT2D eigenvalue weighted by Gasteiger charge is 2.42. The van der Waals surface area contributed by atoms with E-state index in [1.165, 1.54) is 19.5 Å². The van der Waals surface area contributed by atoms with E-state index in [0.717, 1.165) is 28.0 Å². The van der Waals surface area contributed by atoms with Crippen LogP contribution in [0.4, 0.5) is 28.2 Å². The van der Waals surface area contributed by atoms with E-state index < -0.39 is 0 Å². The Morgan fingerprint density at radius 3 is 2.31 bits per heavy atom. The number of morpholine rings is 2. The maximum absolute atomic E-state index is 14.4. The van der Waals surface area contributed by atoms with Crippen molar-refractivity contribution in [2.45, 2.75) is 18.5 Å². The van der Waals surface area contributed by atoms with E-state index in [1.807, 2.05) is 28.0 Å². The monoisotopic (exact) mass is 745 g/mol. The van der Waals surface area contributed by atoms with Crippen molar-refractivity contribution in [2.24, 2.45) is 0 Å². The van der Waals surface area contributed by atoms with Gasteiger partial charge in [-0.15, -0.1) is 0 Å². The van der Waals surface area contributed by atoms with E-state index in [-0.39, 0.29) is 29.9 Å². The molecule has 0 spiro atoms. The number of amides is 2. The molecule has 4 heterocycles. The van der Waals surface area contributed by atoms with Crippen LogP contribution < -0.4 is 20.7 Å². The van der Waals surface area contributed by atoms with Crippen molar-refractivity contribution in [3.8, 4) is 5.88 Å². The number of allylic oxidation sites excluding steroid dienone is 3. The number of halogens is 4. The zero-order chi connectivity index (χ0) is 34.2. The molecule has 7 rings (SSSR count). The lowest BCUT2D eigenvalue weighted by Gasteiger charge is -2.43. The van der Waals surface area contributed by atoms with Crippen LogP contribution in [0.2, 0.25) is 15.1 Å². The third-order valence-electron chi connectivity index (χ3n) is 8.71. The highest BCUT2D eigenvalue weighted by molar-refractivity contribution is 6.34. The molecule has 3 N–H and O–H groups in total. The van der Waals surface area contributed by atoms with Crippen LogP contribution in [0.3, 0.4) is 0 Å². The fourth-order valence-corrected chi connectivity index (χ4v) is 7.24. The van der Waals surface area contributed by atoms with Gasteiger partial charge in [-0.05, 0) is 34.4 Å². The number of urea groups is 1. The number of fused-ring (bicyclic) bond motifs is 2. The summed E-state index contributed by atoms with van der Waals surface area (Å²) in [5, 5.41) is 11.0. The summed E-state index contributed by atoms with van der Waals surface area (Å²) in [6, 6.07) is 4.76. The minimum atomic E-state index is -0.361. The number of methoxy groups -OCH3 is 1. The first-order chi connectivity index (χ1) is 23.7. The molecule has 49 heavy (non-hydrogen) atoms. The van der Waals surface area contributed by atoms with Crippen LogP contribution in [0.15, 0.2) is 64.1 Å². The first-order valence-corrected chi connectivity index (χ1v) is 16.9. The summed E-state index contributed by atoms with van der Waals surface area (Å²) < 4.78 is 17.0. The van der Waals surface area contributed by atoms with Crippen molar-refractivity contribution < 1.29 is 19.0 Å². The predicted molar refractivity (Wildman–Crippen MR) is 188 cm³/mol. The van der Waals surface area contributed by atoms with Gasteiger partial charge in [0.05, 0.1) is 79.5 Å². The SMILES string of the molecule is CNc1nc(NC2=C3C=C(C4COCCN4C(=O)N4CCOCC4c4ccc(Nc5ncc(Cl)c(OC)n5)c(Cl)c4)C(=C2Cl)C3)ncc1Cl. The van der Waals surface area contributed by atoms with Gasteiger partial charge in [0.25, 0.3) is 0 Å². The van der Waals surface area contributed by atoms with Gasteiger partial charge in [0.1, 0.15) is 15.9 Å². The second-order valence-electron chi connectivity index (χ2n) is 11.5. The Balaban J connectivity index is 1.10. The van der Waals surface area contributed by atoms with Crippen molar-refractivity contribution in [1.29, 1.82) is 0 Å². The van der Waals surface area contributed by atoms with Gasteiger partial charge >= 0.3 is 6.03 Å². The Morgan fingerprint density at radius 2 is 1.61 bits per heavy atom. The first kappa shape index (κ1) is 33.6. The smallest absolute Gasteiger partial charge is 0.321 e. The number of hydrogen-bond donors (Lipinski definition) is 3. The summed E-state index contributed by atoms with van der Waals surface area (Å²) in [5.41, 5.74) is 5.07. The normalized spacial score (nSPS) is 20.5. The predicted octanol–water partition coefficient (Wildman–Crippen LogP) is 6.42. The fraction of sp³-hybridized carbons (Fsp3) is 0.344. The van der Waals surface area contributed by atoms with Crippen molar-refractivity contribution in [3.05, 3.63) is 84.7 Å². The molecule has 0 saturated carbocycles. The van der Waals surface area contributed by atoms with Crippen LogP contribution in [0, 0.1) is 0 Å². The molecule has 256 valence electrons. The Labute approximate surface area is 302 Å². The molecule has 17 heteroatoms. The quantitative estimate of drug-likeness (QED) is 0.236. The van der Waals surface area contributed by atoms with Gasteiger partial charge in [-0.25, -0.2) is 14.8 Å². The van der Waals surface area contributed by atoms with Gasteiger partial charge in [0, 0.05) is 26.6 Å². The molecule has 2 amide bonds. The molecule has 2 fully saturated rings. The Hall–Kier alpha value is -3.85. The number of anilines is 4. The molecular formula is C32H31Cl4N9O4. The second-order valence-corrected chi connectivity index (χ2v) is 13.1. The Morgan fingerprint density at radius 1 is 0.918 bits per heavy atom. The Kier molecular flexibility index (Phi) is 9.73. The fourth-order valence-electron chi connectivity index (χ4n) is 6.30. The van der Waals surface area contributed by atoms with E-state index in [9.17, 15) is 4.79 Å². The highest BCUT2D eigenvalue weighted by atomic mass is 35.5. The lowest BCUT2D eigenvalue weighted by atomic mass is 9.98. The van der Waals surface area contributed by atoms with E-state index in [1.54, 1.807) is 7.05 Å². The number of rotatable bonds is 8. The molecule has 13 nitrogen and oxygen atoms in total. The number of carbonyl (C=O) groups excluding carboxylic acids is 1. The molecule has 2 unspecified atom stereocenters. The summed E-state index contributed by atoms with van der Waals surface area (Å²) >= 11 is 25.9. The van der Waals surface area contributed by atoms with Gasteiger partial charge in [0.2, 0.25) is 17.8 Å². The summed E-state index contributed by atoms with van der Waals surface area (Å²) in [5.74, 6) is 1.39. The van der Waals surface area contributed by atoms with Crippen molar-refractivity contribution in [3.63, 3.8) is 0 Å². The van der Waals surface area contributed by atoms with Crippen LogP contribution in [0.1, 0.15) is 18.0 Å². The maximum atomic E-state index is 14.4. The van der Waals surface area contributed by atoms with Gasteiger partial charge in [-0.1, -0.05) is 58.5 Å². The molecule has 0 radical (unpaired) electrons. The van der Waals surface area contributed by atoms with Gasteiger partial charge in [-0.2, -0.15) is 9.97 Å². The van der Waals surface area contributed by atoms with E-state index >= 15 is 0 Å². The minimum Gasteiger partial charge on any atom is -0.480 e. The highest BCUT2D eigenvalue weighted by Crippen LogP contribution is 2.47. The number of hydrogen-bond acceptors (Lipinski definition) is 11. The molecule has 3 aromatic rings. The zero-order valence-corrected chi connectivity index (χ0v) is 29.4. The number of nitrogens with zero attached hydrogens (tertiary/aromatic N) is 6. The molecular weight excluding hydrogens is 716 g/mol. The first-order valence-electron chi connectivity index (χ1n) is 15.4. The second kappa shape index (κ2) is 14.2. The van der Waals surface area contributed by atoms with E-state index in [0.29, 0.717) is 83.5 Å². The molecule has 2 aliphatic carbocycles.